The first kappa shape index (κ1) is 25.3. The van der Waals surface area contributed by atoms with Gasteiger partial charge in [0, 0.05) is 26.2 Å². The van der Waals surface area contributed by atoms with E-state index in [0.29, 0.717) is 65.8 Å². The van der Waals surface area contributed by atoms with Gasteiger partial charge in [0.25, 0.3) is 0 Å². The molecule has 7 nitrogen and oxygen atoms in total. The van der Waals surface area contributed by atoms with Gasteiger partial charge in [-0.2, -0.15) is 0 Å². The minimum atomic E-state index is -0.151. The Hall–Kier alpha value is -0.730. The topological polar surface area (TPSA) is 75.3 Å². The van der Waals surface area contributed by atoms with Crippen molar-refractivity contribution in [3.05, 3.63) is 0 Å². The van der Waals surface area contributed by atoms with Crippen LogP contribution in [0.4, 0.5) is 0 Å². The van der Waals surface area contributed by atoms with Crippen molar-refractivity contribution in [2.24, 2.45) is 0 Å². The van der Waals surface area contributed by atoms with Gasteiger partial charge in [0.15, 0.2) is 0 Å². The molecule has 0 bridgehead atoms. The van der Waals surface area contributed by atoms with Crippen molar-refractivity contribution in [2.45, 2.75) is 52.6 Å². The zero-order chi connectivity index (χ0) is 19.5. The standard InChI is InChI=1S/C19H39NO6/c1-5-9-22-12-14-24-16-17-25-15-13-23-11-8-20-18(21)7-6-10-26-19(2,3)4/h5-17H2,1-4H3,(H,20,21). The number of ether oxygens (including phenoxy) is 5. The highest BCUT2D eigenvalue weighted by atomic mass is 16.6. The Kier molecular flexibility index (Phi) is 17.2. The molecule has 1 amide bonds. The maximum atomic E-state index is 11.6. The summed E-state index contributed by atoms with van der Waals surface area (Å²) in [4.78, 5) is 11.6. The summed E-state index contributed by atoms with van der Waals surface area (Å²) < 4.78 is 27.0. The highest BCUT2D eigenvalue weighted by Gasteiger charge is 2.09. The summed E-state index contributed by atoms with van der Waals surface area (Å²) in [5, 5.41) is 2.83. The second-order valence-corrected chi connectivity index (χ2v) is 6.86. The molecule has 0 aliphatic heterocycles. The van der Waals surface area contributed by atoms with Crippen molar-refractivity contribution >= 4 is 5.91 Å². The summed E-state index contributed by atoms with van der Waals surface area (Å²) in [6, 6.07) is 0. The lowest BCUT2D eigenvalue weighted by Gasteiger charge is -2.19. The summed E-state index contributed by atoms with van der Waals surface area (Å²) in [6.07, 6.45) is 2.23. The number of nitrogens with one attached hydrogen (secondary N) is 1. The number of carbonyl (C=O) groups is 1. The van der Waals surface area contributed by atoms with E-state index in [4.69, 9.17) is 23.7 Å². The van der Waals surface area contributed by atoms with E-state index in [1.54, 1.807) is 0 Å². The van der Waals surface area contributed by atoms with Crippen LogP contribution < -0.4 is 5.32 Å². The van der Waals surface area contributed by atoms with Crippen LogP contribution in [0.1, 0.15) is 47.0 Å². The Morgan fingerprint density at radius 3 is 1.77 bits per heavy atom. The fraction of sp³-hybridized carbons (Fsp3) is 0.947. The molecular weight excluding hydrogens is 338 g/mol. The van der Waals surface area contributed by atoms with E-state index in [1.165, 1.54) is 0 Å². The zero-order valence-corrected chi connectivity index (χ0v) is 17.1. The van der Waals surface area contributed by atoms with Gasteiger partial charge in [-0.1, -0.05) is 6.92 Å². The van der Waals surface area contributed by atoms with E-state index in [2.05, 4.69) is 12.2 Å². The first-order valence-electron chi connectivity index (χ1n) is 9.67. The second-order valence-electron chi connectivity index (χ2n) is 6.86. The second kappa shape index (κ2) is 17.7. The molecule has 1 N–H and O–H groups in total. The van der Waals surface area contributed by atoms with Crippen LogP contribution in [0.2, 0.25) is 0 Å². The average Bonchev–Trinajstić information content (AvgIpc) is 2.58. The van der Waals surface area contributed by atoms with E-state index >= 15 is 0 Å². The van der Waals surface area contributed by atoms with E-state index in [-0.39, 0.29) is 11.5 Å². The van der Waals surface area contributed by atoms with Gasteiger partial charge in [0.2, 0.25) is 5.91 Å². The van der Waals surface area contributed by atoms with Crippen LogP contribution >= 0.6 is 0 Å². The quantitative estimate of drug-likeness (QED) is 0.369. The van der Waals surface area contributed by atoms with Gasteiger partial charge in [0.1, 0.15) is 0 Å². The SMILES string of the molecule is CCCOCCOCCOCCOCCNC(=O)CCCOC(C)(C)C. The highest BCUT2D eigenvalue weighted by molar-refractivity contribution is 5.75. The molecular formula is C19H39NO6. The number of hydrogen-bond donors (Lipinski definition) is 1. The van der Waals surface area contributed by atoms with E-state index < -0.39 is 0 Å². The summed E-state index contributed by atoms with van der Waals surface area (Å²) >= 11 is 0. The van der Waals surface area contributed by atoms with Gasteiger partial charge >= 0.3 is 0 Å². The molecule has 0 aliphatic carbocycles. The molecule has 156 valence electrons. The fourth-order valence-electron chi connectivity index (χ4n) is 1.87. The Morgan fingerprint density at radius 1 is 0.769 bits per heavy atom. The largest absolute Gasteiger partial charge is 0.379 e. The molecule has 0 saturated carbocycles. The zero-order valence-electron chi connectivity index (χ0n) is 17.1. The minimum Gasteiger partial charge on any atom is -0.379 e. The van der Waals surface area contributed by atoms with Gasteiger partial charge < -0.3 is 29.0 Å². The molecule has 0 aromatic rings. The molecule has 0 spiro atoms. The Labute approximate surface area is 159 Å². The number of hydrogen-bond acceptors (Lipinski definition) is 6. The van der Waals surface area contributed by atoms with Crippen LogP contribution in [-0.4, -0.2) is 77.5 Å². The Bertz CT molecular complexity index is 320. The van der Waals surface area contributed by atoms with Crippen molar-refractivity contribution in [3.63, 3.8) is 0 Å². The molecule has 0 atom stereocenters. The first-order valence-corrected chi connectivity index (χ1v) is 9.67. The molecule has 0 rings (SSSR count). The predicted molar refractivity (Wildman–Crippen MR) is 102 cm³/mol. The molecule has 26 heavy (non-hydrogen) atoms. The van der Waals surface area contributed by atoms with Crippen molar-refractivity contribution in [2.75, 3.05) is 66.0 Å². The van der Waals surface area contributed by atoms with Crippen molar-refractivity contribution in [3.8, 4) is 0 Å². The number of rotatable bonds is 18. The van der Waals surface area contributed by atoms with Gasteiger partial charge in [0.05, 0.1) is 51.8 Å². The van der Waals surface area contributed by atoms with Crippen LogP contribution in [-0.2, 0) is 28.5 Å². The van der Waals surface area contributed by atoms with E-state index in [0.717, 1.165) is 19.4 Å². The molecule has 0 unspecified atom stereocenters. The lowest BCUT2D eigenvalue weighted by atomic mass is 10.2. The summed E-state index contributed by atoms with van der Waals surface area (Å²) in [5.41, 5.74) is -0.151. The van der Waals surface area contributed by atoms with Gasteiger partial charge in [-0.3, -0.25) is 4.79 Å². The monoisotopic (exact) mass is 377 g/mol. The van der Waals surface area contributed by atoms with Crippen LogP contribution in [0.5, 0.6) is 0 Å². The lowest BCUT2D eigenvalue weighted by molar-refractivity contribution is -0.122. The van der Waals surface area contributed by atoms with Crippen LogP contribution in [0.25, 0.3) is 0 Å². The van der Waals surface area contributed by atoms with Gasteiger partial charge in [-0.25, -0.2) is 0 Å². The highest BCUT2D eigenvalue weighted by Crippen LogP contribution is 2.07. The van der Waals surface area contributed by atoms with Crippen molar-refractivity contribution in [1.82, 2.24) is 5.32 Å². The maximum absolute atomic E-state index is 11.6. The molecule has 0 radical (unpaired) electrons. The molecule has 0 aromatic carbocycles. The predicted octanol–water partition coefficient (Wildman–Crippen LogP) is 2.17. The van der Waals surface area contributed by atoms with Crippen LogP contribution in [0.15, 0.2) is 0 Å². The normalized spacial score (nSPS) is 11.7. The van der Waals surface area contributed by atoms with E-state index in [9.17, 15) is 4.79 Å². The molecule has 0 heterocycles. The van der Waals surface area contributed by atoms with Gasteiger partial charge in [-0.15, -0.1) is 0 Å². The van der Waals surface area contributed by atoms with Crippen LogP contribution in [0.3, 0.4) is 0 Å². The average molecular weight is 378 g/mol. The smallest absolute Gasteiger partial charge is 0.220 e. The molecule has 0 saturated heterocycles. The maximum Gasteiger partial charge on any atom is 0.220 e. The molecule has 7 heteroatoms. The fourth-order valence-corrected chi connectivity index (χ4v) is 1.87. The van der Waals surface area contributed by atoms with Gasteiger partial charge in [-0.05, 0) is 33.6 Å². The summed E-state index contributed by atoms with van der Waals surface area (Å²) in [5.74, 6) is 0.0300. The number of carbonyl (C=O) groups excluding carboxylic acids is 1. The summed E-state index contributed by atoms with van der Waals surface area (Å²) in [6.45, 7) is 13.8. The molecule has 0 fully saturated rings. The Balaban J connectivity index is 3.17. The molecule has 0 aromatic heterocycles. The minimum absolute atomic E-state index is 0.0300. The van der Waals surface area contributed by atoms with Crippen LogP contribution in [0, 0.1) is 0 Å². The third-order valence-electron chi connectivity index (χ3n) is 3.12. The van der Waals surface area contributed by atoms with Crippen molar-refractivity contribution < 1.29 is 28.5 Å². The number of amides is 1. The first-order chi connectivity index (χ1) is 12.5. The Morgan fingerprint density at radius 2 is 1.27 bits per heavy atom. The third kappa shape index (κ3) is 21.3. The molecule has 0 aliphatic rings. The third-order valence-corrected chi connectivity index (χ3v) is 3.12. The van der Waals surface area contributed by atoms with E-state index in [1.807, 2.05) is 20.8 Å². The summed E-state index contributed by atoms with van der Waals surface area (Å²) in [7, 11) is 0. The lowest BCUT2D eigenvalue weighted by Crippen LogP contribution is -2.28. The van der Waals surface area contributed by atoms with Crippen molar-refractivity contribution in [1.29, 1.82) is 0 Å².